The monoisotopic (exact) mass is 487 g/mol. The molecule has 184 valence electrons. The Morgan fingerprint density at radius 3 is 2.42 bits per heavy atom. The Balaban J connectivity index is 1.15. The lowest BCUT2D eigenvalue weighted by atomic mass is 9.90. The van der Waals surface area contributed by atoms with E-state index in [1.54, 1.807) is 17.0 Å². The molecular weight excluding hydrogens is 461 g/mol. The van der Waals surface area contributed by atoms with Crippen LogP contribution in [0.15, 0.2) is 65.8 Å². The van der Waals surface area contributed by atoms with Gasteiger partial charge in [0.15, 0.2) is 5.65 Å². The maximum Gasteiger partial charge on any atom is 0.264 e. The Morgan fingerprint density at radius 2 is 1.75 bits per heavy atom. The molecule has 0 atom stereocenters. The largest absolute Gasteiger partial charge is 0.388 e. The van der Waals surface area contributed by atoms with Gasteiger partial charge in [-0.15, -0.1) is 0 Å². The van der Waals surface area contributed by atoms with Gasteiger partial charge in [-0.25, -0.2) is 14.1 Å². The second-order valence-corrected chi connectivity index (χ2v) is 9.86. The van der Waals surface area contributed by atoms with Crippen molar-refractivity contribution in [3.63, 3.8) is 0 Å². The van der Waals surface area contributed by atoms with E-state index in [0.29, 0.717) is 54.1 Å². The number of aliphatic hydroxyl groups is 1. The summed E-state index contributed by atoms with van der Waals surface area (Å²) in [7, 11) is 0. The highest BCUT2D eigenvalue weighted by molar-refractivity contribution is 5.94. The van der Waals surface area contributed by atoms with Gasteiger partial charge in [-0.05, 0) is 73.6 Å². The molecular formula is C27H26FN5O3. The molecule has 1 aliphatic heterocycles. The first-order valence-corrected chi connectivity index (χ1v) is 12.2. The molecule has 1 saturated heterocycles. The predicted molar refractivity (Wildman–Crippen MR) is 132 cm³/mol. The number of nitrogens with zero attached hydrogens (tertiary/aromatic N) is 5. The summed E-state index contributed by atoms with van der Waals surface area (Å²) in [6.45, 7) is 0.897. The highest BCUT2D eigenvalue weighted by atomic mass is 19.1. The number of carbonyl (C=O) groups is 1. The summed E-state index contributed by atoms with van der Waals surface area (Å²) >= 11 is 0. The average Bonchev–Trinajstić information content (AvgIpc) is 3.65. The third-order valence-corrected chi connectivity index (χ3v) is 7.28. The van der Waals surface area contributed by atoms with Gasteiger partial charge < -0.3 is 10.0 Å². The summed E-state index contributed by atoms with van der Waals surface area (Å²) in [6, 6.07) is 13.6. The van der Waals surface area contributed by atoms with E-state index in [-0.39, 0.29) is 23.8 Å². The van der Waals surface area contributed by atoms with Crippen molar-refractivity contribution in [2.45, 2.75) is 43.7 Å². The van der Waals surface area contributed by atoms with Crippen LogP contribution in [0.2, 0.25) is 0 Å². The van der Waals surface area contributed by atoms with E-state index in [2.05, 4.69) is 10.1 Å². The maximum atomic E-state index is 13.3. The summed E-state index contributed by atoms with van der Waals surface area (Å²) in [5.74, 6) is 0.249. The number of halogens is 1. The summed E-state index contributed by atoms with van der Waals surface area (Å²) in [5, 5.41) is 15.8. The molecule has 0 spiro atoms. The van der Waals surface area contributed by atoms with Crippen molar-refractivity contribution in [3.8, 4) is 5.69 Å². The fourth-order valence-electron chi connectivity index (χ4n) is 4.93. The number of hydrogen-bond acceptors (Lipinski definition) is 5. The van der Waals surface area contributed by atoms with E-state index in [9.17, 15) is 19.1 Å². The Labute approximate surface area is 206 Å². The number of aromatic nitrogens is 4. The molecule has 1 N–H and O–H groups in total. The maximum absolute atomic E-state index is 13.3. The fraction of sp³-hybridized carbons (Fsp3) is 0.333. The summed E-state index contributed by atoms with van der Waals surface area (Å²) < 4.78 is 16.2. The quantitative estimate of drug-likeness (QED) is 0.467. The Kier molecular flexibility index (Phi) is 5.44. The van der Waals surface area contributed by atoms with Crippen molar-refractivity contribution < 1.29 is 14.3 Å². The van der Waals surface area contributed by atoms with Crippen LogP contribution in [0.1, 0.15) is 47.5 Å². The van der Waals surface area contributed by atoms with Crippen molar-refractivity contribution in [2.24, 2.45) is 0 Å². The molecule has 1 aliphatic carbocycles. The molecule has 2 aromatic carbocycles. The van der Waals surface area contributed by atoms with Crippen molar-refractivity contribution in [2.75, 3.05) is 13.1 Å². The van der Waals surface area contributed by atoms with Gasteiger partial charge in [-0.3, -0.25) is 14.2 Å². The number of benzene rings is 2. The fourth-order valence-corrected chi connectivity index (χ4v) is 4.93. The van der Waals surface area contributed by atoms with E-state index in [4.69, 9.17) is 0 Å². The molecule has 2 aromatic heterocycles. The molecule has 2 fully saturated rings. The molecule has 6 rings (SSSR count). The molecule has 36 heavy (non-hydrogen) atoms. The van der Waals surface area contributed by atoms with Gasteiger partial charge in [0.1, 0.15) is 17.5 Å². The van der Waals surface area contributed by atoms with Gasteiger partial charge >= 0.3 is 0 Å². The highest BCUT2D eigenvalue weighted by Gasteiger charge is 2.35. The van der Waals surface area contributed by atoms with Crippen LogP contribution >= 0.6 is 0 Å². The van der Waals surface area contributed by atoms with Gasteiger partial charge in [0, 0.05) is 18.7 Å². The van der Waals surface area contributed by atoms with E-state index < -0.39 is 5.60 Å². The number of amides is 1. The van der Waals surface area contributed by atoms with Crippen molar-refractivity contribution in [3.05, 3.63) is 88.4 Å². The lowest BCUT2D eigenvalue weighted by Crippen LogP contribution is -2.49. The lowest BCUT2D eigenvalue weighted by molar-refractivity contribution is -0.0299. The number of piperidine rings is 1. The van der Waals surface area contributed by atoms with E-state index in [1.165, 1.54) is 52.3 Å². The SMILES string of the molecule is O=C(c1ccc(C2CC2)cc1)N1CCC(O)(Cn2cnc3c(cnn3-c3ccc(F)cc3)c2=O)CC1. The summed E-state index contributed by atoms with van der Waals surface area (Å²) in [6.07, 6.45) is 6.00. The van der Waals surface area contributed by atoms with Crippen LogP contribution in [0, 0.1) is 5.82 Å². The normalized spacial score (nSPS) is 17.4. The summed E-state index contributed by atoms with van der Waals surface area (Å²) in [5.41, 5.74) is 1.47. The van der Waals surface area contributed by atoms with Crippen LogP contribution in [-0.2, 0) is 6.54 Å². The predicted octanol–water partition coefficient (Wildman–Crippen LogP) is 3.27. The Hall–Kier alpha value is -3.85. The first-order chi connectivity index (χ1) is 17.4. The zero-order valence-electron chi connectivity index (χ0n) is 19.7. The molecule has 0 unspecified atom stereocenters. The number of hydrogen-bond donors (Lipinski definition) is 1. The number of likely N-dealkylation sites (tertiary alicyclic amines) is 1. The first-order valence-electron chi connectivity index (χ1n) is 12.2. The molecule has 0 radical (unpaired) electrons. The van der Waals surface area contributed by atoms with Gasteiger partial charge in [-0.1, -0.05) is 12.1 Å². The smallest absolute Gasteiger partial charge is 0.264 e. The number of rotatable bonds is 5. The molecule has 1 saturated carbocycles. The van der Waals surface area contributed by atoms with E-state index in [1.807, 2.05) is 24.3 Å². The van der Waals surface area contributed by atoms with Crippen LogP contribution in [0.25, 0.3) is 16.7 Å². The Bertz CT molecular complexity index is 1480. The van der Waals surface area contributed by atoms with Gasteiger partial charge in [0.05, 0.1) is 24.0 Å². The third kappa shape index (κ3) is 4.19. The molecule has 8 nitrogen and oxygen atoms in total. The molecule has 2 aliphatic rings. The average molecular weight is 488 g/mol. The minimum absolute atomic E-state index is 0.0344. The molecule has 9 heteroatoms. The lowest BCUT2D eigenvalue weighted by Gasteiger charge is -2.38. The zero-order valence-corrected chi connectivity index (χ0v) is 19.7. The first kappa shape index (κ1) is 22.6. The number of fused-ring (bicyclic) bond motifs is 1. The van der Waals surface area contributed by atoms with Crippen molar-refractivity contribution in [1.82, 2.24) is 24.2 Å². The molecule has 1 amide bonds. The van der Waals surface area contributed by atoms with Gasteiger partial charge in [-0.2, -0.15) is 5.10 Å². The van der Waals surface area contributed by atoms with Crippen LogP contribution in [-0.4, -0.2) is 53.9 Å². The van der Waals surface area contributed by atoms with Crippen LogP contribution in [0.3, 0.4) is 0 Å². The van der Waals surface area contributed by atoms with Crippen LogP contribution in [0.4, 0.5) is 4.39 Å². The molecule has 0 bridgehead atoms. The highest BCUT2D eigenvalue weighted by Crippen LogP contribution is 2.40. The van der Waals surface area contributed by atoms with Gasteiger partial charge in [0.25, 0.3) is 11.5 Å². The molecule has 3 heterocycles. The van der Waals surface area contributed by atoms with Crippen molar-refractivity contribution >= 4 is 16.9 Å². The standard InChI is InChI=1S/C27H26FN5O3/c28-21-7-9-22(10-8-21)33-24-23(15-30-33)26(35)32(17-29-24)16-27(36)11-13-31(14-12-27)25(34)20-5-3-19(4-6-20)18-1-2-18/h3-10,15,17-18,36H,1-2,11-14,16H2. The third-order valence-electron chi connectivity index (χ3n) is 7.28. The number of carbonyl (C=O) groups excluding carboxylic acids is 1. The van der Waals surface area contributed by atoms with Crippen molar-refractivity contribution in [1.29, 1.82) is 0 Å². The Morgan fingerprint density at radius 1 is 1.06 bits per heavy atom. The van der Waals surface area contributed by atoms with Crippen LogP contribution in [0.5, 0.6) is 0 Å². The van der Waals surface area contributed by atoms with E-state index >= 15 is 0 Å². The summed E-state index contributed by atoms with van der Waals surface area (Å²) in [4.78, 5) is 32.2. The molecule has 4 aromatic rings. The second-order valence-electron chi connectivity index (χ2n) is 9.86. The topological polar surface area (TPSA) is 93.2 Å². The minimum Gasteiger partial charge on any atom is -0.388 e. The van der Waals surface area contributed by atoms with Crippen LogP contribution < -0.4 is 5.56 Å². The van der Waals surface area contributed by atoms with E-state index in [0.717, 1.165) is 0 Å². The minimum atomic E-state index is -1.13. The van der Waals surface area contributed by atoms with Gasteiger partial charge in [0.2, 0.25) is 0 Å². The zero-order chi connectivity index (χ0) is 24.9. The second kappa shape index (κ2) is 8.67.